The summed E-state index contributed by atoms with van der Waals surface area (Å²) in [5.74, 6) is 2.37. The molecule has 0 aliphatic rings. The van der Waals surface area contributed by atoms with Crippen molar-refractivity contribution in [3.8, 4) is 5.75 Å². The second-order valence-electron chi connectivity index (χ2n) is 4.87. The molecule has 0 spiro atoms. The number of hydrogen-bond donors (Lipinski definition) is 2. The molecule has 0 aliphatic carbocycles. The van der Waals surface area contributed by atoms with Gasteiger partial charge in [-0.3, -0.25) is 4.99 Å². The van der Waals surface area contributed by atoms with Gasteiger partial charge in [-0.15, -0.1) is 24.0 Å². The van der Waals surface area contributed by atoms with E-state index in [1.165, 1.54) is 5.56 Å². The van der Waals surface area contributed by atoms with Gasteiger partial charge < -0.3 is 15.4 Å². The van der Waals surface area contributed by atoms with Crippen molar-refractivity contribution >= 4 is 29.9 Å². The molecule has 0 atom stereocenters. The van der Waals surface area contributed by atoms with Crippen molar-refractivity contribution in [1.82, 2.24) is 10.6 Å². The van der Waals surface area contributed by atoms with E-state index in [-0.39, 0.29) is 24.0 Å². The van der Waals surface area contributed by atoms with E-state index < -0.39 is 0 Å². The summed E-state index contributed by atoms with van der Waals surface area (Å²) in [7, 11) is 3.48. The molecule has 0 bridgehead atoms. The molecule has 0 aromatic heterocycles. The lowest BCUT2D eigenvalue weighted by Gasteiger charge is -2.13. The van der Waals surface area contributed by atoms with Crippen LogP contribution in [0.25, 0.3) is 0 Å². The minimum atomic E-state index is 0. The second-order valence-corrected chi connectivity index (χ2v) is 4.87. The lowest BCUT2D eigenvalue weighted by Crippen LogP contribution is -2.39. The number of nitrogens with zero attached hydrogens (tertiary/aromatic N) is 1. The zero-order valence-electron chi connectivity index (χ0n) is 12.8. The minimum Gasteiger partial charge on any atom is -0.497 e. The average Bonchev–Trinajstić information content (AvgIpc) is 2.43. The zero-order chi connectivity index (χ0) is 14.1. The van der Waals surface area contributed by atoms with Crippen molar-refractivity contribution < 1.29 is 4.74 Å². The fraction of sp³-hybridized carbons (Fsp3) is 0.533. The van der Waals surface area contributed by atoms with Crippen molar-refractivity contribution in [1.29, 1.82) is 0 Å². The highest BCUT2D eigenvalue weighted by Crippen LogP contribution is 2.11. The number of ether oxygens (including phenoxy) is 1. The van der Waals surface area contributed by atoms with Gasteiger partial charge in [0.15, 0.2) is 5.96 Å². The molecule has 0 fully saturated rings. The van der Waals surface area contributed by atoms with E-state index in [4.69, 9.17) is 4.74 Å². The summed E-state index contributed by atoms with van der Waals surface area (Å²) in [5, 5.41) is 6.60. The Balaban J connectivity index is 0.00000361. The summed E-state index contributed by atoms with van der Waals surface area (Å²) in [4.78, 5) is 4.19. The number of nitrogens with one attached hydrogen (secondary N) is 2. The third kappa shape index (κ3) is 7.57. The molecule has 0 saturated heterocycles. The highest BCUT2D eigenvalue weighted by molar-refractivity contribution is 14.0. The first kappa shape index (κ1) is 19.0. The molecule has 0 heterocycles. The van der Waals surface area contributed by atoms with Gasteiger partial charge in [-0.25, -0.2) is 0 Å². The Morgan fingerprint density at radius 2 is 1.85 bits per heavy atom. The molecule has 0 unspecified atom stereocenters. The zero-order valence-corrected chi connectivity index (χ0v) is 15.1. The third-order valence-corrected chi connectivity index (χ3v) is 2.77. The van der Waals surface area contributed by atoms with Crippen LogP contribution in [-0.2, 0) is 6.42 Å². The quantitative estimate of drug-likeness (QED) is 0.445. The van der Waals surface area contributed by atoms with Crippen LogP contribution in [0.4, 0.5) is 0 Å². The Labute approximate surface area is 139 Å². The van der Waals surface area contributed by atoms with Crippen LogP contribution in [0.15, 0.2) is 29.3 Å². The Morgan fingerprint density at radius 3 is 2.35 bits per heavy atom. The first-order valence-corrected chi connectivity index (χ1v) is 6.73. The molecule has 114 valence electrons. The lowest BCUT2D eigenvalue weighted by atomic mass is 10.1. The normalized spacial score (nSPS) is 10.9. The van der Waals surface area contributed by atoms with E-state index in [0.29, 0.717) is 5.92 Å². The molecule has 20 heavy (non-hydrogen) atoms. The van der Waals surface area contributed by atoms with Gasteiger partial charge in [0.25, 0.3) is 0 Å². The van der Waals surface area contributed by atoms with Crippen LogP contribution in [0.3, 0.4) is 0 Å². The minimum absolute atomic E-state index is 0. The summed E-state index contributed by atoms with van der Waals surface area (Å²) in [6.45, 7) is 6.15. The second kappa shape index (κ2) is 10.8. The maximum Gasteiger partial charge on any atom is 0.190 e. The van der Waals surface area contributed by atoms with Gasteiger partial charge in [0.2, 0.25) is 0 Å². The lowest BCUT2D eigenvalue weighted by molar-refractivity contribution is 0.414. The highest BCUT2D eigenvalue weighted by atomic mass is 127. The van der Waals surface area contributed by atoms with Crippen LogP contribution in [0.2, 0.25) is 0 Å². The first-order valence-electron chi connectivity index (χ1n) is 6.73. The molecular formula is C15H26IN3O. The van der Waals surface area contributed by atoms with Crippen LogP contribution in [0, 0.1) is 5.92 Å². The van der Waals surface area contributed by atoms with Gasteiger partial charge in [-0.1, -0.05) is 26.0 Å². The summed E-state index contributed by atoms with van der Waals surface area (Å²) < 4.78 is 5.14. The number of aliphatic imine (C=N–C) groups is 1. The molecule has 1 aromatic rings. The summed E-state index contributed by atoms with van der Waals surface area (Å²) >= 11 is 0. The van der Waals surface area contributed by atoms with Gasteiger partial charge in [0.1, 0.15) is 5.75 Å². The van der Waals surface area contributed by atoms with E-state index in [9.17, 15) is 0 Å². The van der Waals surface area contributed by atoms with Gasteiger partial charge in [0, 0.05) is 20.1 Å². The van der Waals surface area contributed by atoms with Gasteiger partial charge >= 0.3 is 0 Å². The maximum atomic E-state index is 5.14. The van der Waals surface area contributed by atoms with Crippen molar-refractivity contribution in [3.63, 3.8) is 0 Å². The van der Waals surface area contributed by atoms with Gasteiger partial charge in [-0.05, 0) is 30.0 Å². The highest BCUT2D eigenvalue weighted by Gasteiger charge is 1.99. The molecule has 4 nitrogen and oxygen atoms in total. The van der Waals surface area contributed by atoms with Gasteiger partial charge in [0.05, 0.1) is 7.11 Å². The molecule has 0 aliphatic heterocycles. The number of halogens is 1. The number of rotatable bonds is 6. The van der Waals surface area contributed by atoms with E-state index >= 15 is 0 Å². The van der Waals surface area contributed by atoms with Crippen molar-refractivity contribution in [3.05, 3.63) is 29.8 Å². The van der Waals surface area contributed by atoms with Gasteiger partial charge in [-0.2, -0.15) is 0 Å². The Bertz CT molecular complexity index is 391. The molecule has 0 radical (unpaired) electrons. The number of hydrogen-bond acceptors (Lipinski definition) is 2. The number of guanidine groups is 1. The summed E-state index contributed by atoms with van der Waals surface area (Å²) in [6.07, 6.45) is 0.965. The largest absolute Gasteiger partial charge is 0.497 e. The molecular weight excluding hydrogens is 365 g/mol. The fourth-order valence-electron chi connectivity index (χ4n) is 1.64. The van der Waals surface area contributed by atoms with Crippen LogP contribution < -0.4 is 15.4 Å². The molecule has 1 rings (SSSR count). The van der Waals surface area contributed by atoms with Crippen molar-refractivity contribution in [2.24, 2.45) is 10.9 Å². The standard InChI is InChI=1S/C15H25N3O.HI/c1-12(2)11-18-15(16-3)17-10-9-13-5-7-14(19-4)8-6-13;/h5-8,12H,9-11H2,1-4H3,(H2,16,17,18);1H. The maximum absolute atomic E-state index is 5.14. The van der Waals surface area contributed by atoms with Crippen LogP contribution in [0.5, 0.6) is 5.75 Å². The number of methoxy groups -OCH3 is 1. The summed E-state index contributed by atoms with van der Waals surface area (Å²) in [6, 6.07) is 8.15. The van der Waals surface area contributed by atoms with E-state index in [1.54, 1.807) is 14.2 Å². The van der Waals surface area contributed by atoms with Crippen LogP contribution in [-0.4, -0.2) is 33.2 Å². The smallest absolute Gasteiger partial charge is 0.190 e. The number of benzene rings is 1. The predicted octanol–water partition coefficient (Wildman–Crippen LogP) is 2.68. The third-order valence-electron chi connectivity index (χ3n) is 2.77. The van der Waals surface area contributed by atoms with Crippen molar-refractivity contribution in [2.45, 2.75) is 20.3 Å². The van der Waals surface area contributed by atoms with E-state index in [1.807, 2.05) is 12.1 Å². The van der Waals surface area contributed by atoms with Crippen LogP contribution in [0.1, 0.15) is 19.4 Å². The molecule has 0 saturated carbocycles. The topological polar surface area (TPSA) is 45.7 Å². The monoisotopic (exact) mass is 391 g/mol. The molecule has 0 amide bonds. The average molecular weight is 391 g/mol. The molecule has 2 N–H and O–H groups in total. The SMILES string of the molecule is CN=C(NCCc1ccc(OC)cc1)NCC(C)C.I. The Hall–Kier alpha value is -0.980. The summed E-state index contributed by atoms with van der Waals surface area (Å²) in [5.41, 5.74) is 1.28. The predicted molar refractivity (Wildman–Crippen MR) is 96.3 cm³/mol. The van der Waals surface area contributed by atoms with Crippen LogP contribution >= 0.6 is 24.0 Å². The first-order chi connectivity index (χ1) is 9.15. The molecule has 1 aromatic carbocycles. The van der Waals surface area contributed by atoms with Crippen molar-refractivity contribution in [2.75, 3.05) is 27.2 Å². The van der Waals surface area contributed by atoms with E-state index in [0.717, 1.165) is 31.2 Å². The Morgan fingerprint density at radius 1 is 1.20 bits per heavy atom. The molecule has 5 heteroatoms. The Kier molecular flexibility index (Phi) is 10.2. The van der Waals surface area contributed by atoms with E-state index in [2.05, 4.69) is 41.6 Å². The fourth-order valence-corrected chi connectivity index (χ4v) is 1.64.